The van der Waals surface area contributed by atoms with Gasteiger partial charge in [0.25, 0.3) is 0 Å². The number of rotatable bonds is 6. The second-order valence-electron chi connectivity index (χ2n) is 6.01. The van der Waals surface area contributed by atoms with Gasteiger partial charge in [-0.1, -0.05) is 32.0 Å². The van der Waals surface area contributed by atoms with Gasteiger partial charge in [0.2, 0.25) is 0 Å². The number of hydrogen-bond acceptors (Lipinski definition) is 3. The van der Waals surface area contributed by atoms with Gasteiger partial charge in [-0.3, -0.25) is 9.88 Å². The average Bonchev–Trinajstić information content (AvgIpc) is 2.51. The molecule has 0 spiro atoms. The van der Waals surface area contributed by atoms with Gasteiger partial charge in [-0.15, -0.1) is 0 Å². The normalized spacial score (nSPS) is 14.6. The Morgan fingerprint density at radius 3 is 2.57 bits per heavy atom. The van der Waals surface area contributed by atoms with Crippen molar-refractivity contribution in [2.24, 2.45) is 5.73 Å². The number of benzene rings is 1. The van der Waals surface area contributed by atoms with Crippen LogP contribution in [0, 0.1) is 6.92 Å². The van der Waals surface area contributed by atoms with Crippen LogP contribution in [0.2, 0.25) is 0 Å². The summed E-state index contributed by atoms with van der Waals surface area (Å²) >= 11 is 0. The van der Waals surface area contributed by atoms with E-state index in [0.717, 1.165) is 30.7 Å². The van der Waals surface area contributed by atoms with E-state index in [1.54, 1.807) is 0 Å². The van der Waals surface area contributed by atoms with Gasteiger partial charge >= 0.3 is 0 Å². The van der Waals surface area contributed by atoms with Crippen LogP contribution in [0.4, 0.5) is 0 Å². The Hall–Kier alpha value is -1.45. The summed E-state index contributed by atoms with van der Waals surface area (Å²) in [4.78, 5) is 7.11. The number of nitrogens with zero attached hydrogens (tertiary/aromatic N) is 2. The first-order chi connectivity index (χ1) is 10.0. The third-order valence-electron chi connectivity index (χ3n) is 4.64. The van der Waals surface area contributed by atoms with Gasteiger partial charge in [0.15, 0.2) is 0 Å². The van der Waals surface area contributed by atoms with Crippen LogP contribution in [-0.2, 0) is 6.54 Å². The van der Waals surface area contributed by atoms with E-state index in [-0.39, 0.29) is 5.54 Å². The highest BCUT2D eigenvalue weighted by Gasteiger charge is 2.27. The van der Waals surface area contributed by atoms with Gasteiger partial charge in [-0.05, 0) is 44.5 Å². The first-order valence-electron chi connectivity index (χ1n) is 7.84. The number of aromatic nitrogens is 1. The molecular weight excluding hydrogens is 258 g/mol. The summed E-state index contributed by atoms with van der Waals surface area (Å²) in [6, 6.07) is 10.6. The summed E-state index contributed by atoms with van der Waals surface area (Å²) in [6.45, 7) is 11.3. The van der Waals surface area contributed by atoms with E-state index in [1.807, 2.05) is 6.07 Å². The minimum Gasteiger partial charge on any atom is -0.329 e. The molecule has 1 unspecified atom stereocenters. The molecule has 21 heavy (non-hydrogen) atoms. The maximum Gasteiger partial charge on any atom is 0.0708 e. The molecule has 3 nitrogen and oxygen atoms in total. The van der Waals surface area contributed by atoms with Gasteiger partial charge in [-0.2, -0.15) is 0 Å². The summed E-state index contributed by atoms with van der Waals surface area (Å²) in [5, 5.41) is 1.25. The second-order valence-corrected chi connectivity index (χ2v) is 6.01. The number of fused-ring (bicyclic) bond motifs is 1. The monoisotopic (exact) mass is 285 g/mol. The topological polar surface area (TPSA) is 42.2 Å². The molecule has 0 radical (unpaired) electrons. The maximum atomic E-state index is 6.04. The summed E-state index contributed by atoms with van der Waals surface area (Å²) in [5.41, 5.74) is 9.58. The van der Waals surface area contributed by atoms with E-state index in [9.17, 15) is 0 Å². The fourth-order valence-corrected chi connectivity index (χ4v) is 2.91. The molecular formula is C18H27N3. The lowest BCUT2D eigenvalue weighted by molar-refractivity contribution is 0.105. The van der Waals surface area contributed by atoms with E-state index in [2.05, 4.69) is 61.8 Å². The molecule has 0 fully saturated rings. The molecule has 3 heteroatoms. The number of nitrogens with two attached hydrogens (primary N) is 1. The zero-order chi connectivity index (χ0) is 15.5. The van der Waals surface area contributed by atoms with E-state index in [0.29, 0.717) is 6.54 Å². The highest BCUT2D eigenvalue weighted by atomic mass is 15.2. The fraction of sp³-hybridized carbons (Fsp3) is 0.500. The Labute approximate surface area is 128 Å². The van der Waals surface area contributed by atoms with Crippen molar-refractivity contribution in [1.29, 1.82) is 0 Å². The van der Waals surface area contributed by atoms with E-state index >= 15 is 0 Å². The molecule has 0 saturated carbocycles. The van der Waals surface area contributed by atoms with Crippen LogP contribution < -0.4 is 5.73 Å². The van der Waals surface area contributed by atoms with Gasteiger partial charge in [-0.25, -0.2) is 0 Å². The van der Waals surface area contributed by atoms with Crippen molar-refractivity contribution in [2.75, 3.05) is 13.1 Å². The Balaban J connectivity index is 2.42. The Morgan fingerprint density at radius 2 is 1.95 bits per heavy atom. The number of likely N-dealkylation sites (N-methyl/N-ethyl adjacent to an activating group) is 1. The molecule has 0 aliphatic carbocycles. The molecule has 2 N–H and O–H groups in total. The summed E-state index contributed by atoms with van der Waals surface area (Å²) in [7, 11) is 0. The quantitative estimate of drug-likeness (QED) is 0.883. The molecule has 114 valence electrons. The molecule has 1 aromatic carbocycles. The van der Waals surface area contributed by atoms with Crippen LogP contribution in [0.25, 0.3) is 10.9 Å². The van der Waals surface area contributed by atoms with E-state index < -0.39 is 0 Å². The van der Waals surface area contributed by atoms with Gasteiger partial charge < -0.3 is 5.73 Å². The van der Waals surface area contributed by atoms with Gasteiger partial charge in [0, 0.05) is 29.7 Å². The van der Waals surface area contributed by atoms with Crippen molar-refractivity contribution < 1.29 is 0 Å². The lowest BCUT2D eigenvalue weighted by Crippen LogP contribution is -2.50. The summed E-state index contributed by atoms with van der Waals surface area (Å²) in [6.07, 6.45) is 1.05. The molecule has 0 amide bonds. The first-order valence-corrected chi connectivity index (χ1v) is 7.84. The Bertz CT molecular complexity index is 602. The third kappa shape index (κ3) is 3.25. The van der Waals surface area contributed by atoms with Crippen molar-refractivity contribution in [3.05, 3.63) is 41.6 Å². The van der Waals surface area contributed by atoms with Gasteiger partial charge in [0.05, 0.1) is 5.52 Å². The smallest absolute Gasteiger partial charge is 0.0708 e. The van der Waals surface area contributed by atoms with E-state index in [1.165, 1.54) is 10.9 Å². The molecule has 1 aromatic heterocycles. The second kappa shape index (κ2) is 6.54. The molecule has 1 atom stereocenters. The van der Waals surface area contributed by atoms with Crippen LogP contribution in [0.15, 0.2) is 30.3 Å². The zero-order valence-electron chi connectivity index (χ0n) is 13.7. The van der Waals surface area contributed by atoms with Crippen molar-refractivity contribution in [3.8, 4) is 0 Å². The van der Waals surface area contributed by atoms with Crippen LogP contribution in [0.3, 0.4) is 0 Å². The molecule has 0 aliphatic heterocycles. The van der Waals surface area contributed by atoms with Crippen LogP contribution >= 0.6 is 0 Å². The average molecular weight is 285 g/mol. The molecule has 1 heterocycles. The minimum absolute atomic E-state index is 0.0486. The SMILES string of the molecule is CCN(Cc1cc(C)nc2ccccc12)C(C)(CC)CN. The maximum absolute atomic E-state index is 6.04. The number of pyridine rings is 1. The standard InChI is InChI=1S/C18H27N3/c1-5-18(4,13-19)21(6-2)12-15-11-14(3)20-17-10-8-7-9-16(15)17/h7-11H,5-6,12-13,19H2,1-4H3. The molecule has 0 saturated heterocycles. The number of aryl methyl sites for hydroxylation is 1. The minimum atomic E-state index is 0.0486. The predicted molar refractivity (Wildman–Crippen MR) is 90.3 cm³/mol. The number of hydrogen-bond donors (Lipinski definition) is 1. The van der Waals surface area contributed by atoms with Crippen molar-refractivity contribution in [2.45, 2.75) is 46.2 Å². The fourth-order valence-electron chi connectivity index (χ4n) is 2.91. The highest BCUT2D eigenvalue weighted by molar-refractivity contribution is 5.82. The van der Waals surface area contributed by atoms with Crippen LogP contribution in [-0.4, -0.2) is 28.5 Å². The molecule has 0 bridgehead atoms. The van der Waals surface area contributed by atoms with Gasteiger partial charge in [0.1, 0.15) is 0 Å². The predicted octanol–water partition coefficient (Wildman–Crippen LogP) is 3.49. The highest BCUT2D eigenvalue weighted by Crippen LogP contribution is 2.25. The number of para-hydroxylation sites is 1. The van der Waals surface area contributed by atoms with E-state index in [4.69, 9.17) is 5.73 Å². The van der Waals surface area contributed by atoms with Crippen molar-refractivity contribution in [1.82, 2.24) is 9.88 Å². The lowest BCUT2D eigenvalue weighted by Gasteiger charge is -2.39. The zero-order valence-corrected chi connectivity index (χ0v) is 13.7. The van der Waals surface area contributed by atoms with Crippen LogP contribution in [0.1, 0.15) is 38.4 Å². The largest absolute Gasteiger partial charge is 0.329 e. The Morgan fingerprint density at radius 1 is 1.24 bits per heavy atom. The molecule has 0 aliphatic rings. The first kappa shape index (κ1) is 15.9. The lowest BCUT2D eigenvalue weighted by atomic mass is 9.95. The Kier molecular flexibility index (Phi) is 4.96. The molecule has 2 rings (SSSR count). The van der Waals surface area contributed by atoms with Crippen LogP contribution in [0.5, 0.6) is 0 Å². The summed E-state index contributed by atoms with van der Waals surface area (Å²) in [5.74, 6) is 0. The molecule has 2 aromatic rings. The third-order valence-corrected chi connectivity index (χ3v) is 4.64. The van der Waals surface area contributed by atoms with Crippen molar-refractivity contribution >= 4 is 10.9 Å². The van der Waals surface area contributed by atoms with Crippen molar-refractivity contribution in [3.63, 3.8) is 0 Å². The summed E-state index contributed by atoms with van der Waals surface area (Å²) < 4.78 is 0.